The zero-order valence-electron chi connectivity index (χ0n) is 9.44. The average molecular weight is 216 g/mol. The topological polar surface area (TPSA) is 37.3 Å². The molecular formula is C14H16O2. The molecule has 1 N–H and O–H groups in total. The Balaban J connectivity index is 2.30. The van der Waals surface area contributed by atoms with Gasteiger partial charge < -0.3 is 5.11 Å². The molecule has 1 atom stereocenters. The monoisotopic (exact) mass is 216 g/mol. The molecule has 1 unspecified atom stereocenters. The Bertz CT molecular complexity index is 432. The first-order valence-electron chi connectivity index (χ1n) is 5.66. The summed E-state index contributed by atoms with van der Waals surface area (Å²) in [5.41, 5.74) is 2.86. The highest BCUT2D eigenvalue weighted by atomic mass is 16.4. The molecule has 0 spiro atoms. The van der Waals surface area contributed by atoms with Crippen molar-refractivity contribution in [1.82, 2.24) is 0 Å². The van der Waals surface area contributed by atoms with Crippen LogP contribution in [0.4, 0.5) is 0 Å². The van der Waals surface area contributed by atoms with Crippen molar-refractivity contribution in [1.29, 1.82) is 0 Å². The molecule has 2 heteroatoms. The fourth-order valence-corrected chi connectivity index (χ4v) is 2.30. The van der Waals surface area contributed by atoms with Crippen LogP contribution in [0.1, 0.15) is 48.0 Å². The standard InChI is InChI=1S/C14H16O2/c1-10-6-8-11(9-7-10)12-4-2-3-5-13(12)14(15)16/h2-6,11H,7-9H2,1H3,(H,15,16). The van der Waals surface area contributed by atoms with Crippen LogP contribution in [-0.2, 0) is 0 Å². The summed E-state index contributed by atoms with van der Waals surface area (Å²) in [4.78, 5) is 11.1. The first-order valence-corrected chi connectivity index (χ1v) is 5.66. The first-order chi connectivity index (χ1) is 7.68. The number of hydrogen-bond donors (Lipinski definition) is 1. The lowest BCUT2D eigenvalue weighted by atomic mass is 9.83. The maximum absolute atomic E-state index is 11.1. The third-order valence-corrected chi connectivity index (χ3v) is 3.27. The van der Waals surface area contributed by atoms with Gasteiger partial charge in [0.2, 0.25) is 0 Å². The van der Waals surface area contributed by atoms with Crippen molar-refractivity contribution in [2.24, 2.45) is 0 Å². The second-order valence-corrected chi connectivity index (χ2v) is 4.41. The number of aromatic carboxylic acids is 1. The Labute approximate surface area is 95.6 Å². The minimum atomic E-state index is -0.818. The number of benzene rings is 1. The number of hydrogen-bond acceptors (Lipinski definition) is 1. The van der Waals surface area contributed by atoms with E-state index >= 15 is 0 Å². The third-order valence-electron chi connectivity index (χ3n) is 3.27. The highest BCUT2D eigenvalue weighted by molar-refractivity contribution is 5.89. The summed E-state index contributed by atoms with van der Waals surface area (Å²) >= 11 is 0. The molecule has 84 valence electrons. The highest BCUT2D eigenvalue weighted by Crippen LogP contribution is 2.33. The molecule has 16 heavy (non-hydrogen) atoms. The highest BCUT2D eigenvalue weighted by Gasteiger charge is 2.19. The van der Waals surface area contributed by atoms with Crippen molar-refractivity contribution in [3.8, 4) is 0 Å². The Morgan fingerprint density at radius 1 is 1.38 bits per heavy atom. The molecule has 0 aromatic heterocycles. The molecule has 0 radical (unpaired) electrons. The van der Waals surface area contributed by atoms with E-state index in [-0.39, 0.29) is 0 Å². The van der Waals surface area contributed by atoms with Crippen LogP contribution in [0, 0.1) is 0 Å². The fourth-order valence-electron chi connectivity index (χ4n) is 2.30. The summed E-state index contributed by atoms with van der Waals surface area (Å²) in [7, 11) is 0. The van der Waals surface area contributed by atoms with E-state index in [1.54, 1.807) is 12.1 Å². The van der Waals surface area contributed by atoms with Crippen LogP contribution >= 0.6 is 0 Å². The van der Waals surface area contributed by atoms with Gasteiger partial charge in [0.25, 0.3) is 0 Å². The molecule has 0 aliphatic heterocycles. The lowest BCUT2D eigenvalue weighted by molar-refractivity contribution is 0.0695. The number of rotatable bonds is 2. The third kappa shape index (κ3) is 2.16. The van der Waals surface area contributed by atoms with Gasteiger partial charge in [0, 0.05) is 0 Å². The van der Waals surface area contributed by atoms with Crippen LogP contribution in [0.3, 0.4) is 0 Å². The van der Waals surface area contributed by atoms with Gasteiger partial charge in [-0.2, -0.15) is 0 Å². The summed E-state index contributed by atoms with van der Waals surface area (Å²) in [5.74, 6) is -0.446. The Morgan fingerprint density at radius 2 is 2.12 bits per heavy atom. The van der Waals surface area contributed by atoms with Gasteiger partial charge in [0.05, 0.1) is 5.56 Å². The SMILES string of the molecule is CC1=CCC(c2ccccc2C(=O)O)CC1. The van der Waals surface area contributed by atoms with E-state index in [2.05, 4.69) is 13.0 Å². The van der Waals surface area contributed by atoms with Gasteiger partial charge in [-0.15, -0.1) is 0 Å². The van der Waals surface area contributed by atoms with Gasteiger partial charge in [-0.3, -0.25) is 0 Å². The Morgan fingerprint density at radius 3 is 2.75 bits per heavy atom. The van der Waals surface area contributed by atoms with E-state index in [9.17, 15) is 4.79 Å². The second kappa shape index (κ2) is 4.52. The fraction of sp³-hybridized carbons (Fsp3) is 0.357. The lowest BCUT2D eigenvalue weighted by Gasteiger charge is -2.22. The molecule has 1 aliphatic carbocycles. The van der Waals surface area contributed by atoms with Crippen LogP contribution in [0.25, 0.3) is 0 Å². The van der Waals surface area contributed by atoms with Crippen molar-refractivity contribution < 1.29 is 9.90 Å². The molecule has 0 fully saturated rings. The van der Waals surface area contributed by atoms with E-state index in [1.165, 1.54) is 5.57 Å². The van der Waals surface area contributed by atoms with Crippen LogP contribution in [0.2, 0.25) is 0 Å². The minimum Gasteiger partial charge on any atom is -0.478 e. The molecule has 0 amide bonds. The molecule has 0 bridgehead atoms. The number of carboxylic acids is 1. The van der Waals surface area contributed by atoms with Gasteiger partial charge in [0.1, 0.15) is 0 Å². The first kappa shape index (κ1) is 10.9. The molecule has 1 aromatic carbocycles. The quantitative estimate of drug-likeness (QED) is 0.767. The van der Waals surface area contributed by atoms with Crippen molar-refractivity contribution in [2.75, 3.05) is 0 Å². The molecule has 1 aromatic rings. The van der Waals surface area contributed by atoms with Crippen molar-refractivity contribution in [3.05, 3.63) is 47.0 Å². The van der Waals surface area contributed by atoms with Gasteiger partial charge in [-0.05, 0) is 43.7 Å². The predicted molar refractivity (Wildman–Crippen MR) is 63.8 cm³/mol. The second-order valence-electron chi connectivity index (χ2n) is 4.41. The van der Waals surface area contributed by atoms with Crippen LogP contribution < -0.4 is 0 Å². The molecule has 0 heterocycles. The smallest absolute Gasteiger partial charge is 0.335 e. The summed E-state index contributed by atoms with van der Waals surface area (Å²) in [6.07, 6.45) is 5.34. The zero-order valence-corrected chi connectivity index (χ0v) is 9.44. The lowest BCUT2D eigenvalue weighted by Crippen LogP contribution is -2.09. The van der Waals surface area contributed by atoms with Crippen molar-refractivity contribution in [2.45, 2.75) is 32.1 Å². The van der Waals surface area contributed by atoms with E-state index < -0.39 is 5.97 Å². The van der Waals surface area contributed by atoms with Crippen molar-refractivity contribution >= 4 is 5.97 Å². The summed E-state index contributed by atoms with van der Waals surface area (Å²) in [6.45, 7) is 2.14. The van der Waals surface area contributed by atoms with Crippen LogP contribution in [0.5, 0.6) is 0 Å². The van der Waals surface area contributed by atoms with Gasteiger partial charge in [-0.25, -0.2) is 4.79 Å². The van der Waals surface area contributed by atoms with Gasteiger partial charge in [-0.1, -0.05) is 29.8 Å². The summed E-state index contributed by atoms with van der Waals surface area (Å²) in [6, 6.07) is 7.36. The van der Waals surface area contributed by atoms with E-state index in [1.807, 2.05) is 12.1 Å². The number of allylic oxidation sites excluding steroid dienone is 2. The molecule has 0 saturated carbocycles. The minimum absolute atomic E-state index is 0.371. The molecule has 1 aliphatic rings. The maximum atomic E-state index is 11.1. The Kier molecular flexibility index (Phi) is 3.09. The zero-order chi connectivity index (χ0) is 11.5. The van der Waals surface area contributed by atoms with E-state index in [4.69, 9.17) is 5.11 Å². The average Bonchev–Trinajstić information content (AvgIpc) is 2.30. The van der Waals surface area contributed by atoms with Crippen LogP contribution in [-0.4, -0.2) is 11.1 Å². The van der Waals surface area contributed by atoms with Gasteiger partial charge >= 0.3 is 5.97 Å². The number of carbonyl (C=O) groups is 1. The maximum Gasteiger partial charge on any atom is 0.335 e. The largest absolute Gasteiger partial charge is 0.478 e. The van der Waals surface area contributed by atoms with E-state index in [0.29, 0.717) is 11.5 Å². The molecule has 2 rings (SSSR count). The van der Waals surface area contributed by atoms with Crippen LogP contribution in [0.15, 0.2) is 35.9 Å². The molecule has 2 nitrogen and oxygen atoms in total. The summed E-state index contributed by atoms with van der Waals surface area (Å²) < 4.78 is 0. The number of carboxylic acid groups (broad SMARTS) is 1. The Hall–Kier alpha value is -1.57. The summed E-state index contributed by atoms with van der Waals surface area (Å²) in [5, 5.41) is 9.13. The molecule has 0 saturated heterocycles. The normalized spacial score (nSPS) is 20.3. The van der Waals surface area contributed by atoms with Crippen molar-refractivity contribution in [3.63, 3.8) is 0 Å². The van der Waals surface area contributed by atoms with E-state index in [0.717, 1.165) is 24.8 Å². The molecular weight excluding hydrogens is 200 g/mol. The predicted octanol–water partition coefficient (Wildman–Crippen LogP) is 3.60. The van der Waals surface area contributed by atoms with Gasteiger partial charge in [0.15, 0.2) is 0 Å².